The minimum Gasteiger partial charge on any atom is -0.350 e. The first-order chi connectivity index (χ1) is 12.0. The number of carbonyl (C=O) groups is 1. The average molecular weight is 374 g/mol. The second-order valence-electron chi connectivity index (χ2n) is 6.55. The Morgan fingerprint density at radius 3 is 2.46 bits per heavy atom. The van der Waals surface area contributed by atoms with Gasteiger partial charge < -0.3 is 11.1 Å². The number of carbonyl (C=O) groups excluding carboxylic acids is 1. The lowest BCUT2D eigenvalue weighted by molar-refractivity contribution is 0.0951. The van der Waals surface area contributed by atoms with Crippen LogP contribution in [0.5, 0.6) is 0 Å². The summed E-state index contributed by atoms with van der Waals surface area (Å²) in [6.45, 7) is 4.69. The van der Waals surface area contributed by atoms with Crippen LogP contribution in [0.1, 0.15) is 47.3 Å². The van der Waals surface area contributed by atoms with Gasteiger partial charge in [-0.1, -0.05) is 43.3 Å². The van der Waals surface area contributed by atoms with E-state index >= 15 is 0 Å². The molecule has 6 nitrogen and oxygen atoms in total. The first kappa shape index (κ1) is 19.9. The zero-order valence-corrected chi connectivity index (χ0v) is 16.0. The number of amides is 1. The third-order valence-corrected chi connectivity index (χ3v) is 4.39. The number of halogens is 1. The lowest BCUT2D eigenvalue weighted by Crippen LogP contribution is -2.31. The molecule has 0 saturated carbocycles. The minimum absolute atomic E-state index is 0. The fourth-order valence-corrected chi connectivity index (χ4v) is 2.73. The molecule has 0 aliphatic heterocycles. The van der Waals surface area contributed by atoms with Gasteiger partial charge in [-0.2, -0.15) is 0 Å². The Morgan fingerprint density at radius 2 is 1.81 bits per heavy atom. The Labute approximate surface area is 159 Å². The summed E-state index contributed by atoms with van der Waals surface area (Å²) in [5, 5.41) is 10.9. The fourth-order valence-electron chi connectivity index (χ4n) is 2.73. The molecule has 1 unspecified atom stereocenters. The summed E-state index contributed by atoms with van der Waals surface area (Å²) < 4.78 is 1.67. The lowest BCUT2D eigenvalue weighted by Gasteiger charge is -2.14. The zero-order valence-electron chi connectivity index (χ0n) is 15.1. The van der Waals surface area contributed by atoms with Crippen molar-refractivity contribution in [1.82, 2.24) is 20.3 Å². The molecule has 1 atom stereocenters. The molecular weight excluding hydrogens is 350 g/mol. The molecule has 0 fully saturated rings. The molecule has 1 aromatic heterocycles. The molecule has 0 aliphatic rings. The average Bonchev–Trinajstić information content (AvgIpc) is 3.00. The summed E-state index contributed by atoms with van der Waals surface area (Å²) in [5.41, 5.74) is 10.6. The second-order valence-corrected chi connectivity index (χ2v) is 6.55. The Bertz CT molecular complexity index is 889. The van der Waals surface area contributed by atoms with Crippen LogP contribution in [0.3, 0.4) is 0 Å². The fraction of sp³-hybridized carbons (Fsp3) is 0.316. The number of fused-ring (bicyclic) bond motifs is 1. The quantitative estimate of drug-likeness (QED) is 0.720. The summed E-state index contributed by atoms with van der Waals surface area (Å²) in [6, 6.07) is 13.3. The molecular formula is C19H24ClN5O. The number of hydrogen-bond donors (Lipinski definition) is 2. The third-order valence-electron chi connectivity index (χ3n) is 4.39. The molecule has 1 heterocycles. The predicted molar refractivity (Wildman–Crippen MR) is 106 cm³/mol. The van der Waals surface area contributed by atoms with Crippen molar-refractivity contribution in [2.24, 2.45) is 12.8 Å². The van der Waals surface area contributed by atoms with E-state index in [1.807, 2.05) is 25.2 Å². The Balaban J connectivity index is 0.00000243. The van der Waals surface area contributed by atoms with Gasteiger partial charge in [0, 0.05) is 25.2 Å². The highest BCUT2D eigenvalue weighted by atomic mass is 35.5. The van der Waals surface area contributed by atoms with Gasteiger partial charge in [0.15, 0.2) is 0 Å². The van der Waals surface area contributed by atoms with E-state index in [2.05, 4.69) is 41.6 Å². The van der Waals surface area contributed by atoms with Gasteiger partial charge in [-0.25, -0.2) is 4.68 Å². The summed E-state index contributed by atoms with van der Waals surface area (Å²) in [7, 11) is 1.82. The highest BCUT2D eigenvalue weighted by molar-refractivity contribution is 5.97. The molecule has 3 rings (SSSR count). The van der Waals surface area contributed by atoms with Crippen molar-refractivity contribution in [3.63, 3.8) is 0 Å². The number of rotatable bonds is 5. The van der Waals surface area contributed by atoms with E-state index in [0.29, 0.717) is 23.5 Å². The van der Waals surface area contributed by atoms with Gasteiger partial charge in [0.1, 0.15) is 5.52 Å². The number of aryl methyl sites for hydroxylation is 1. The first-order valence-corrected chi connectivity index (χ1v) is 8.39. The van der Waals surface area contributed by atoms with Crippen LogP contribution in [0, 0.1) is 0 Å². The van der Waals surface area contributed by atoms with Crippen molar-refractivity contribution in [3.8, 4) is 0 Å². The molecule has 0 bridgehead atoms. The Hall–Kier alpha value is -2.44. The van der Waals surface area contributed by atoms with Crippen LogP contribution in [0.2, 0.25) is 0 Å². The highest BCUT2D eigenvalue weighted by Crippen LogP contribution is 2.18. The maximum absolute atomic E-state index is 12.4. The molecule has 0 saturated heterocycles. The standard InChI is InChI=1S/C19H23N5O.ClH/c1-12(2)13-4-6-14(7-5-13)16(20)11-21-19(25)15-8-9-18-17(10-15)22-23-24(18)3;/h4-10,12,16H,11,20H2,1-3H3,(H,21,25);1H. The van der Waals surface area contributed by atoms with E-state index in [-0.39, 0.29) is 24.4 Å². The molecule has 3 N–H and O–H groups in total. The molecule has 3 aromatic rings. The van der Waals surface area contributed by atoms with Crippen LogP contribution >= 0.6 is 12.4 Å². The van der Waals surface area contributed by atoms with Crippen molar-refractivity contribution < 1.29 is 4.79 Å². The molecule has 0 spiro atoms. The molecule has 0 radical (unpaired) electrons. The molecule has 0 aliphatic carbocycles. The van der Waals surface area contributed by atoms with Gasteiger partial charge in [-0.3, -0.25) is 4.79 Å². The topological polar surface area (TPSA) is 85.8 Å². The van der Waals surface area contributed by atoms with Crippen molar-refractivity contribution in [2.75, 3.05) is 6.54 Å². The maximum atomic E-state index is 12.4. The normalized spacial score (nSPS) is 12.0. The Morgan fingerprint density at radius 1 is 1.15 bits per heavy atom. The second kappa shape index (κ2) is 8.29. The van der Waals surface area contributed by atoms with Gasteiger partial charge in [0.05, 0.1) is 5.52 Å². The number of benzene rings is 2. The SMILES string of the molecule is CC(C)c1ccc(C(N)CNC(=O)c2ccc3c(c2)nnn3C)cc1.Cl. The summed E-state index contributed by atoms with van der Waals surface area (Å²) in [6.07, 6.45) is 0. The lowest BCUT2D eigenvalue weighted by atomic mass is 9.99. The van der Waals surface area contributed by atoms with Crippen molar-refractivity contribution >= 4 is 29.3 Å². The molecule has 2 aromatic carbocycles. The number of aromatic nitrogens is 3. The number of nitrogens with zero attached hydrogens (tertiary/aromatic N) is 3. The first-order valence-electron chi connectivity index (χ1n) is 8.39. The Kier molecular flexibility index (Phi) is 6.34. The van der Waals surface area contributed by atoms with E-state index in [9.17, 15) is 4.79 Å². The zero-order chi connectivity index (χ0) is 18.0. The summed E-state index contributed by atoms with van der Waals surface area (Å²) in [4.78, 5) is 12.4. The van der Waals surface area contributed by atoms with Crippen molar-refractivity contribution in [2.45, 2.75) is 25.8 Å². The highest BCUT2D eigenvalue weighted by Gasteiger charge is 2.12. The van der Waals surface area contributed by atoms with E-state index < -0.39 is 0 Å². The van der Waals surface area contributed by atoms with E-state index in [1.54, 1.807) is 16.8 Å². The smallest absolute Gasteiger partial charge is 0.251 e. The predicted octanol–water partition coefficient (Wildman–Crippen LogP) is 2.94. The maximum Gasteiger partial charge on any atom is 0.251 e. The summed E-state index contributed by atoms with van der Waals surface area (Å²) in [5.74, 6) is 0.322. The van der Waals surface area contributed by atoms with Crippen molar-refractivity contribution in [1.29, 1.82) is 0 Å². The van der Waals surface area contributed by atoms with E-state index in [4.69, 9.17) is 5.73 Å². The van der Waals surface area contributed by atoms with Crippen LogP contribution in [0.4, 0.5) is 0 Å². The van der Waals surface area contributed by atoms with Crippen LogP contribution in [-0.4, -0.2) is 27.4 Å². The number of nitrogens with two attached hydrogens (primary N) is 1. The van der Waals surface area contributed by atoms with Gasteiger partial charge in [-0.05, 0) is 35.2 Å². The third kappa shape index (κ3) is 4.20. The molecule has 1 amide bonds. The largest absolute Gasteiger partial charge is 0.350 e. The van der Waals surface area contributed by atoms with Gasteiger partial charge in [0.2, 0.25) is 0 Å². The van der Waals surface area contributed by atoms with Crippen LogP contribution < -0.4 is 11.1 Å². The molecule has 26 heavy (non-hydrogen) atoms. The van der Waals surface area contributed by atoms with E-state index in [0.717, 1.165) is 11.1 Å². The molecule has 138 valence electrons. The molecule has 7 heteroatoms. The minimum atomic E-state index is -0.245. The monoisotopic (exact) mass is 373 g/mol. The number of hydrogen-bond acceptors (Lipinski definition) is 4. The van der Waals surface area contributed by atoms with Crippen LogP contribution in [0.25, 0.3) is 11.0 Å². The van der Waals surface area contributed by atoms with Crippen molar-refractivity contribution in [3.05, 3.63) is 59.2 Å². The van der Waals surface area contributed by atoms with Crippen LogP contribution in [0.15, 0.2) is 42.5 Å². The number of nitrogens with one attached hydrogen (secondary N) is 1. The van der Waals surface area contributed by atoms with Crippen LogP contribution in [-0.2, 0) is 7.05 Å². The van der Waals surface area contributed by atoms with Gasteiger partial charge in [-0.15, -0.1) is 17.5 Å². The summed E-state index contributed by atoms with van der Waals surface area (Å²) >= 11 is 0. The van der Waals surface area contributed by atoms with Gasteiger partial charge >= 0.3 is 0 Å². The van der Waals surface area contributed by atoms with Gasteiger partial charge in [0.25, 0.3) is 5.91 Å². The van der Waals surface area contributed by atoms with E-state index in [1.165, 1.54) is 5.56 Å².